The lowest BCUT2D eigenvalue weighted by molar-refractivity contribution is -0.122. The zero-order valence-electron chi connectivity index (χ0n) is 16.6. The number of rotatable bonds is 7. The maximum Gasteiger partial charge on any atom is 0.253 e. The minimum Gasteiger partial charge on any atom is -0.494 e. The number of benzene rings is 2. The number of nitrogens with zero attached hydrogens (tertiary/aromatic N) is 1. The fourth-order valence-electron chi connectivity index (χ4n) is 3.23. The molecule has 1 aliphatic rings. The van der Waals surface area contributed by atoms with E-state index in [0.29, 0.717) is 24.4 Å². The van der Waals surface area contributed by atoms with Gasteiger partial charge in [0.2, 0.25) is 11.8 Å². The van der Waals surface area contributed by atoms with E-state index in [-0.39, 0.29) is 24.1 Å². The molecule has 1 heterocycles. The van der Waals surface area contributed by atoms with Gasteiger partial charge >= 0.3 is 0 Å². The molecule has 0 aliphatic carbocycles. The Morgan fingerprint density at radius 2 is 1.86 bits per heavy atom. The lowest BCUT2D eigenvalue weighted by Gasteiger charge is -2.17. The smallest absolute Gasteiger partial charge is 0.253 e. The molecule has 2 aromatic rings. The first-order valence-corrected chi connectivity index (χ1v) is 9.68. The molecule has 1 saturated heterocycles. The molecule has 0 bridgehead atoms. The van der Waals surface area contributed by atoms with Crippen LogP contribution in [0.25, 0.3) is 0 Å². The summed E-state index contributed by atoms with van der Waals surface area (Å²) in [5, 5.41) is 5.35. The molecular formula is C22H25N3O4. The van der Waals surface area contributed by atoms with Crippen LogP contribution < -0.4 is 20.3 Å². The van der Waals surface area contributed by atoms with Gasteiger partial charge < -0.3 is 20.3 Å². The van der Waals surface area contributed by atoms with Crippen molar-refractivity contribution in [1.29, 1.82) is 0 Å². The Balaban J connectivity index is 1.67. The average Bonchev–Trinajstić information content (AvgIpc) is 3.14. The Labute approximate surface area is 170 Å². The zero-order valence-corrected chi connectivity index (χ0v) is 16.6. The minimum atomic E-state index is -0.490. The highest BCUT2D eigenvalue weighted by atomic mass is 16.5. The van der Waals surface area contributed by atoms with E-state index in [0.717, 1.165) is 17.9 Å². The van der Waals surface area contributed by atoms with Crippen molar-refractivity contribution in [2.45, 2.75) is 19.8 Å². The monoisotopic (exact) mass is 395 g/mol. The van der Waals surface area contributed by atoms with E-state index in [1.807, 2.05) is 31.2 Å². The largest absolute Gasteiger partial charge is 0.494 e. The van der Waals surface area contributed by atoms with Crippen LogP contribution in [0.1, 0.15) is 30.1 Å². The summed E-state index contributed by atoms with van der Waals surface area (Å²) < 4.78 is 5.56. The summed E-state index contributed by atoms with van der Waals surface area (Å²) in [7, 11) is 1.53. The quantitative estimate of drug-likeness (QED) is 0.755. The Bertz CT molecular complexity index is 895. The standard InChI is InChI=1S/C22H25N3O4/c1-3-12-29-17-10-8-16(9-11-17)25-14-15(13-20(25)26)21(27)24-19-7-5-4-6-18(19)22(28)23-2/h4-11,15H,3,12-14H2,1-2H3,(H,23,28)(H,24,27)/t15-/m1/s1. The van der Waals surface area contributed by atoms with Gasteiger partial charge in [0, 0.05) is 25.7 Å². The molecule has 3 amide bonds. The van der Waals surface area contributed by atoms with Gasteiger partial charge in [0.1, 0.15) is 5.75 Å². The summed E-state index contributed by atoms with van der Waals surface area (Å²) in [5.41, 5.74) is 1.55. The summed E-state index contributed by atoms with van der Waals surface area (Å²) in [5.74, 6) is -0.402. The molecule has 2 N–H and O–H groups in total. The van der Waals surface area contributed by atoms with E-state index >= 15 is 0 Å². The van der Waals surface area contributed by atoms with Gasteiger partial charge in [-0.05, 0) is 42.8 Å². The molecular weight excluding hydrogens is 370 g/mol. The van der Waals surface area contributed by atoms with Crippen LogP contribution in [0.3, 0.4) is 0 Å². The SMILES string of the molecule is CCCOc1ccc(N2C[C@H](C(=O)Nc3ccccc3C(=O)NC)CC2=O)cc1. The summed E-state index contributed by atoms with van der Waals surface area (Å²) in [6.45, 7) is 2.97. The molecule has 29 heavy (non-hydrogen) atoms. The molecule has 1 fully saturated rings. The number of carbonyl (C=O) groups excluding carboxylic acids is 3. The maximum absolute atomic E-state index is 12.7. The first kappa shape index (κ1) is 20.4. The van der Waals surface area contributed by atoms with E-state index in [1.54, 1.807) is 29.2 Å². The van der Waals surface area contributed by atoms with Gasteiger partial charge in [-0.15, -0.1) is 0 Å². The molecule has 152 valence electrons. The molecule has 0 saturated carbocycles. The highest BCUT2D eigenvalue weighted by Gasteiger charge is 2.35. The van der Waals surface area contributed by atoms with Crippen molar-refractivity contribution in [3.63, 3.8) is 0 Å². The Morgan fingerprint density at radius 1 is 1.14 bits per heavy atom. The Hall–Kier alpha value is -3.35. The van der Waals surface area contributed by atoms with Crippen LogP contribution in [0.15, 0.2) is 48.5 Å². The molecule has 3 rings (SSSR count). The normalized spacial score (nSPS) is 15.9. The van der Waals surface area contributed by atoms with E-state index in [2.05, 4.69) is 10.6 Å². The average molecular weight is 395 g/mol. The predicted octanol–water partition coefficient (Wildman–Crippen LogP) is 2.83. The second-order valence-electron chi connectivity index (χ2n) is 6.86. The van der Waals surface area contributed by atoms with Gasteiger partial charge in [-0.25, -0.2) is 0 Å². The summed E-state index contributed by atoms with van der Waals surface area (Å²) in [4.78, 5) is 38.8. The zero-order chi connectivity index (χ0) is 20.8. The lowest BCUT2D eigenvalue weighted by atomic mass is 10.1. The van der Waals surface area contributed by atoms with Crippen LogP contribution in [0.4, 0.5) is 11.4 Å². The predicted molar refractivity (Wildman–Crippen MR) is 111 cm³/mol. The molecule has 7 heteroatoms. The fourth-order valence-corrected chi connectivity index (χ4v) is 3.23. The number of hydrogen-bond donors (Lipinski definition) is 2. The summed E-state index contributed by atoms with van der Waals surface area (Å²) in [6.07, 6.45) is 1.05. The van der Waals surface area contributed by atoms with Crippen LogP contribution in [0.2, 0.25) is 0 Å². The molecule has 1 aliphatic heterocycles. The van der Waals surface area contributed by atoms with Crippen molar-refractivity contribution in [3.8, 4) is 5.75 Å². The number of ether oxygens (including phenoxy) is 1. The number of carbonyl (C=O) groups is 3. The van der Waals surface area contributed by atoms with Crippen LogP contribution in [-0.2, 0) is 9.59 Å². The van der Waals surface area contributed by atoms with E-state index in [9.17, 15) is 14.4 Å². The molecule has 0 radical (unpaired) electrons. The van der Waals surface area contributed by atoms with Crippen LogP contribution in [0, 0.1) is 5.92 Å². The first-order chi connectivity index (χ1) is 14.0. The minimum absolute atomic E-state index is 0.105. The summed E-state index contributed by atoms with van der Waals surface area (Å²) >= 11 is 0. The van der Waals surface area contributed by atoms with Gasteiger partial charge in [-0.2, -0.15) is 0 Å². The second kappa shape index (κ2) is 9.23. The second-order valence-corrected chi connectivity index (χ2v) is 6.86. The van der Waals surface area contributed by atoms with Crippen molar-refractivity contribution in [3.05, 3.63) is 54.1 Å². The van der Waals surface area contributed by atoms with Crippen LogP contribution in [-0.4, -0.2) is 37.9 Å². The van der Waals surface area contributed by atoms with E-state index in [1.165, 1.54) is 7.05 Å². The Morgan fingerprint density at radius 3 is 2.55 bits per heavy atom. The summed E-state index contributed by atoms with van der Waals surface area (Å²) in [6, 6.07) is 14.1. The highest BCUT2D eigenvalue weighted by molar-refractivity contribution is 6.07. The molecule has 2 aromatic carbocycles. The van der Waals surface area contributed by atoms with Gasteiger partial charge in [-0.1, -0.05) is 19.1 Å². The molecule has 0 aromatic heterocycles. The van der Waals surface area contributed by atoms with Gasteiger partial charge in [0.15, 0.2) is 0 Å². The number of nitrogens with one attached hydrogen (secondary N) is 2. The number of amides is 3. The highest BCUT2D eigenvalue weighted by Crippen LogP contribution is 2.28. The fraction of sp³-hybridized carbons (Fsp3) is 0.318. The number of para-hydroxylation sites is 1. The Kier molecular flexibility index (Phi) is 6.49. The van der Waals surface area contributed by atoms with E-state index < -0.39 is 5.92 Å². The van der Waals surface area contributed by atoms with Gasteiger partial charge in [0.25, 0.3) is 5.91 Å². The van der Waals surface area contributed by atoms with Crippen LogP contribution in [0.5, 0.6) is 5.75 Å². The van der Waals surface area contributed by atoms with Crippen molar-refractivity contribution < 1.29 is 19.1 Å². The number of anilines is 2. The van der Waals surface area contributed by atoms with Crippen molar-refractivity contribution >= 4 is 29.1 Å². The maximum atomic E-state index is 12.7. The number of hydrogen-bond acceptors (Lipinski definition) is 4. The molecule has 1 atom stereocenters. The molecule has 7 nitrogen and oxygen atoms in total. The lowest BCUT2D eigenvalue weighted by Crippen LogP contribution is -2.29. The molecule has 0 spiro atoms. The van der Waals surface area contributed by atoms with E-state index in [4.69, 9.17) is 4.74 Å². The molecule has 0 unspecified atom stereocenters. The first-order valence-electron chi connectivity index (χ1n) is 9.68. The topological polar surface area (TPSA) is 87.7 Å². The third kappa shape index (κ3) is 4.74. The van der Waals surface area contributed by atoms with Crippen LogP contribution >= 0.6 is 0 Å². The van der Waals surface area contributed by atoms with Crippen molar-refractivity contribution in [2.75, 3.05) is 30.4 Å². The van der Waals surface area contributed by atoms with Crippen molar-refractivity contribution in [2.24, 2.45) is 5.92 Å². The van der Waals surface area contributed by atoms with Crippen molar-refractivity contribution in [1.82, 2.24) is 5.32 Å². The van der Waals surface area contributed by atoms with Gasteiger partial charge in [-0.3, -0.25) is 14.4 Å². The third-order valence-corrected chi connectivity index (χ3v) is 4.77. The third-order valence-electron chi connectivity index (χ3n) is 4.77. The van der Waals surface area contributed by atoms with Gasteiger partial charge in [0.05, 0.1) is 23.8 Å².